The molecule has 0 aliphatic carbocycles. The highest BCUT2D eigenvalue weighted by molar-refractivity contribution is 5.96. The maximum atomic E-state index is 13.7. The van der Waals surface area contributed by atoms with Crippen LogP contribution < -0.4 is 5.32 Å². The monoisotopic (exact) mass is 443 g/mol. The smallest absolute Gasteiger partial charge is 0.254 e. The van der Waals surface area contributed by atoms with Crippen LogP contribution in [0.1, 0.15) is 45.8 Å². The average molecular weight is 444 g/mol. The molecule has 1 N–H and O–H groups in total. The number of fused-ring (bicyclic) bond motifs is 1. The van der Waals surface area contributed by atoms with Gasteiger partial charge in [0.25, 0.3) is 5.91 Å². The van der Waals surface area contributed by atoms with Gasteiger partial charge in [0.15, 0.2) is 5.78 Å². The number of Topliss-reactive ketones (excluding diaryl/α,β-unsaturated/α-hetero) is 1. The number of carbonyl (C=O) groups excluding carboxylic acids is 2. The third-order valence-electron chi connectivity index (χ3n) is 5.61. The first kappa shape index (κ1) is 22.4. The summed E-state index contributed by atoms with van der Waals surface area (Å²) >= 11 is 0. The third kappa shape index (κ3) is 5.52. The first-order valence-electron chi connectivity index (χ1n) is 11.2. The van der Waals surface area contributed by atoms with Crippen molar-refractivity contribution in [1.29, 1.82) is 0 Å². The van der Waals surface area contributed by atoms with Gasteiger partial charge in [-0.25, -0.2) is 9.37 Å². The lowest BCUT2D eigenvalue weighted by Crippen LogP contribution is -2.25. The average Bonchev–Trinajstić information content (AvgIpc) is 3.19. The summed E-state index contributed by atoms with van der Waals surface area (Å²) < 4.78 is 15.7. The van der Waals surface area contributed by atoms with Gasteiger partial charge in [-0.2, -0.15) is 0 Å². The number of carbonyl (C=O) groups is 2. The Labute approximate surface area is 192 Å². The zero-order valence-electron chi connectivity index (χ0n) is 18.3. The molecule has 4 aromatic rings. The van der Waals surface area contributed by atoms with E-state index in [2.05, 4.69) is 5.32 Å². The molecule has 4 rings (SSSR count). The van der Waals surface area contributed by atoms with Crippen molar-refractivity contribution >= 4 is 22.7 Å². The molecule has 33 heavy (non-hydrogen) atoms. The second-order valence-corrected chi connectivity index (χ2v) is 7.94. The highest BCUT2D eigenvalue weighted by atomic mass is 19.1. The van der Waals surface area contributed by atoms with Gasteiger partial charge in [-0.3, -0.25) is 9.59 Å². The molecule has 0 aliphatic heterocycles. The van der Waals surface area contributed by atoms with Gasteiger partial charge in [0.2, 0.25) is 0 Å². The Bertz CT molecular complexity index is 1250. The Morgan fingerprint density at radius 2 is 1.58 bits per heavy atom. The number of nitrogens with zero attached hydrogens (tertiary/aromatic N) is 2. The van der Waals surface area contributed by atoms with Crippen LogP contribution in [0.25, 0.3) is 11.0 Å². The Morgan fingerprint density at radius 1 is 0.848 bits per heavy atom. The number of unbranched alkanes of at least 4 members (excludes halogenated alkanes) is 2. The van der Waals surface area contributed by atoms with Crippen molar-refractivity contribution in [2.45, 2.75) is 32.2 Å². The lowest BCUT2D eigenvalue weighted by Gasteiger charge is -2.09. The molecule has 0 fully saturated rings. The standard InChI is InChI=1S/C27H26FN3O2/c28-22-14-7-6-13-21(22)27(33)29-18-10-2-5-17-26-30-23-15-8-9-16-24(23)31(26)19-25(32)20-11-3-1-4-12-20/h1,3-4,6-9,11-16H,2,5,10,17-19H2,(H,29,33). The van der Waals surface area contributed by atoms with Gasteiger partial charge in [0.1, 0.15) is 11.6 Å². The van der Waals surface area contributed by atoms with Gasteiger partial charge in [0.05, 0.1) is 23.1 Å². The largest absolute Gasteiger partial charge is 0.352 e. The number of ketones is 1. The second-order valence-electron chi connectivity index (χ2n) is 7.94. The number of benzene rings is 3. The van der Waals surface area contributed by atoms with Crippen molar-refractivity contribution in [3.05, 3.63) is 102 Å². The minimum absolute atomic E-state index is 0.0517. The van der Waals surface area contributed by atoms with Crippen LogP contribution >= 0.6 is 0 Å². The van der Waals surface area contributed by atoms with E-state index < -0.39 is 11.7 Å². The van der Waals surface area contributed by atoms with Crippen molar-refractivity contribution in [2.75, 3.05) is 6.54 Å². The highest BCUT2D eigenvalue weighted by Crippen LogP contribution is 2.19. The number of rotatable bonds is 10. The number of aromatic nitrogens is 2. The summed E-state index contributed by atoms with van der Waals surface area (Å²) in [4.78, 5) is 29.7. The fraction of sp³-hybridized carbons (Fsp3) is 0.222. The molecule has 0 spiro atoms. The van der Waals surface area contributed by atoms with Crippen molar-refractivity contribution < 1.29 is 14.0 Å². The first-order chi connectivity index (χ1) is 16.1. The topological polar surface area (TPSA) is 64.0 Å². The van der Waals surface area contributed by atoms with Crippen LogP contribution in [0.2, 0.25) is 0 Å². The molecule has 1 amide bonds. The van der Waals surface area contributed by atoms with E-state index in [9.17, 15) is 14.0 Å². The van der Waals surface area contributed by atoms with E-state index in [0.29, 0.717) is 12.1 Å². The minimum Gasteiger partial charge on any atom is -0.352 e. The minimum atomic E-state index is -0.515. The molecule has 0 bridgehead atoms. The SMILES string of the molecule is O=C(Cn1c(CCCCCNC(=O)c2ccccc2F)nc2ccccc21)c1ccccc1. The first-order valence-corrected chi connectivity index (χ1v) is 11.2. The van der Waals surface area contributed by atoms with E-state index in [1.165, 1.54) is 12.1 Å². The van der Waals surface area contributed by atoms with E-state index in [4.69, 9.17) is 4.98 Å². The fourth-order valence-electron chi connectivity index (χ4n) is 3.88. The van der Waals surface area contributed by atoms with E-state index in [0.717, 1.165) is 42.5 Å². The zero-order chi connectivity index (χ0) is 23.0. The molecule has 0 unspecified atom stereocenters. The van der Waals surface area contributed by atoms with Gasteiger partial charge in [-0.1, -0.05) is 61.0 Å². The maximum Gasteiger partial charge on any atom is 0.254 e. The maximum absolute atomic E-state index is 13.7. The normalized spacial score (nSPS) is 10.9. The van der Waals surface area contributed by atoms with Crippen molar-refractivity contribution in [2.24, 2.45) is 0 Å². The van der Waals surface area contributed by atoms with Crippen LogP contribution in [0, 0.1) is 5.82 Å². The molecule has 1 heterocycles. The third-order valence-corrected chi connectivity index (χ3v) is 5.61. The molecular weight excluding hydrogens is 417 g/mol. The van der Waals surface area contributed by atoms with E-state index in [1.807, 2.05) is 59.2 Å². The van der Waals surface area contributed by atoms with Crippen molar-refractivity contribution in [3.8, 4) is 0 Å². The number of imidazole rings is 1. The van der Waals surface area contributed by atoms with Crippen LogP contribution in [0.5, 0.6) is 0 Å². The number of hydrogen-bond acceptors (Lipinski definition) is 3. The molecule has 0 atom stereocenters. The molecule has 5 nitrogen and oxygen atoms in total. The van der Waals surface area contributed by atoms with Crippen molar-refractivity contribution in [1.82, 2.24) is 14.9 Å². The molecule has 1 aromatic heterocycles. The Hall–Kier alpha value is -3.80. The van der Waals surface area contributed by atoms with E-state index >= 15 is 0 Å². The molecule has 168 valence electrons. The molecule has 0 radical (unpaired) electrons. The van der Waals surface area contributed by atoms with Gasteiger partial charge >= 0.3 is 0 Å². The Kier molecular flexibility index (Phi) is 7.25. The van der Waals surface area contributed by atoms with E-state index in [-0.39, 0.29) is 17.9 Å². The number of halogens is 1. The molecule has 3 aromatic carbocycles. The summed E-state index contributed by atoms with van der Waals surface area (Å²) in [7, 11) is 0. The number of para-hydroxylation sites is 2. The van der Waals surface area contributed by atoms with Crippen LogP contribution in [-0.4, -0.2) is 27.8 Å². The quantitative estimate of drug-likeness (QED) is 0.271. The van der Waals surface area contributed by atoms with Gasteiger partial charge in [-0.15, -0.1) is 0 Å². The van der Waals surface area contributed by atoms with E-state index in [1.54, 1.807) is 12.1 Å². The predicted octanol–water partition coefficient (Wildman–Crippen LogP) is 5.20. The van der Waals surface area contributed by atoms with Gasteiger partial charge < -0.3 is 9.88 Å². The number of hydrogen-bond donors (Lipinski definition) is 1. The number of amides is 1. The molecule has 0 saturated heterocycles. The predicted molar refractivity (Wildman–Crippen MR) is 127 cm³/mol. The van der Waals surface area contributed by atoms with Crippen LogP contribution in [0.15, 0.2) is 78.9 Å². The summed E-state index contributed by atoms with van der Waals surface area (Å²) in [6, 6.07) is 23.1. The summed E-state index contributed by atoms with van der Waals surface area (Å²) in [5.74, 6) is 0.0278. The number of nitrogens with one attached hydrogen (secondary N) is 1. The lowest BCUT2D eigenvalue weighted by atomic mass is 10.1. The molecular formula is C27H26FN3O2. The number of aryl methyl sites for hydroxylation is 1. The molecule has 0 saturated carbocycles. The van der Waals surface area contributed by atoms with Gasteiger partial charge in [0, 0.05) is 18.5 Å². The molecule has 6 heteroatoms. The summed E-state index contributed by atoms with van der Waals surface area (Å²) in [6.07, 6.45) is 3.27. The fourth-order valence-corrected chi connectivity index (χ4v) is 3.88. The second kappa shape index (κ2) is 10.7. The molecule has 0 aliphatic rings. The Morgan fingerprint density at radius 3 is 2.39 bits per heavy atom. The zero-order valence-corrected chi connectivity index (χ0v) is 18.3. The van der Waals surface area contributed by atoms with Crippen molar-refractivity contribution in [3.63, 3.8) is 0 Å². The van der Waals surface area contributed by atoms with Crippen LogP contribution in [-0.2, 0) is 13.0 Å². The van der Waals surface area contributed by atoms with Gasteiger partial charge in [-0.05, 0) is 37.1 Å². The summed E-state index contributed by atoms with van der Waals surface area (Å²) in [6.45, 7) is 0.731. The Balaban J connectivity index is 1.33. The highest BCUT2D eigenvalue weighted by Gasteiger charge is 2.15. The summed E-state index contributed by atoms with van der Waals surface area (Å²) in [5, 5.41) is 2.77. The van der Waals surface area contributed by atoms with Crippen LogP contribution in [0.3, 0.4) is 0 Å². The van der Waals surface area contributed by atoms with Crippen LogP contribution in [0.4, 0.5) is 4.39 Å². The lowest BCUT2D eigenvalue weighted by molar-refractivity contribution is 0.0946. The summed E-state index contributed by atoms with van der Waals surface area (Å²) in [5.41, 5.74) is 2.58.